The highest BCUT2D eigenvalue weighted by Gasteiger charge is 2.16. The molecule has 0 bridgehead atoms. The van der Waals surface area contributed by atoms with Crippen molar-refractivity contribution in [1.29, 1.82) is 0 Å². The van der Waals surface area contributed by atoms with Crippen LogP contribution < -0.4 is 25.1 Å². The number of hydrogen-bond donors (Lipinski definition) is 2. The van der Waals surface area contributed by atoms with Crippen LogP contribution >= 0.6 is 0 Å². The van der Waals surface area contributed by atoms with E-state index in [1.54, 1.807) is 24.4 Å². The van der Waals surface area contributed by atoms with Gasteiger partial charge < -0.3 is 24.4 Å². The number of aromatic nitrogens is 3. The summed E-state index contributed by atoms with van der Waals surface area (Å²) in [6.45, 7) is 4.53. The van der Waals surface area contributed by atoms with E-state index in [2.05, 4.69) is 30.8 Å². The number of anilines is 3. The molecular formula is C24H27N7O4. The number of hydrogen-bond acceptors (Lipinski definition) is 11. The Morgan fingerprint density at radius 2 is 1.86 bits per heavy atom. The van der Waals surface area contributed by atoms with Crippen LogP contribution in [0.15, 0.2) is 53.6 Å². The van der Waals surface area contributed by atoms with Gasteiger partial charge in [0.05, 0.1) is 26.5 Å². The molecule has 0 aliphatic carbocycles. The molecule has 0 atom stereocenters. The number of carbonyl (C=O) groups excluding carboxylic acids is 1. The Labute approximate surface area is 203 Å². The summed E-state index contributed by atoms with van der Waals surface area (Å²) in [4.78, 5) is 26.9. The zero-order chi connectivity index (χ0) is 24.5. The molecule has 1 aromatic heterocycles. The van der Waals surface area contributed by atoms with Crippen molar-refractivity contribution >= 4 is 30.0 Å². The Morgan fingerprint density at radius 3 is 2.60 bits per heavy atom. The predicted molar refractivity (Wildman–Crippen MR) is 132 cm³/mol. The number of methoxy groups -OCH3 is 1. The molecule has 182 valence electrons. The van der Waals surface area contributed by atoms with Gasteiger partial charge in [0.1, 0.15) is 0 Å². The van der Waals surface area contributed by atoms with E-state index in [0.717, 1.165) is 11.1 Å². The predicted octanol–water partition coefficient (Wildman–Crippen LogP) is 2.70. The minimum Gasteiger partial charge on any atom is -0.493 e. The Balaban J connectivity index is 1.50. The number of benzene rings is 2. The van der Waals surface area contributed by atoms with Crippen molar-refractivity contribution in [2.75, 3.05) is 49.1 Å². The number of carbonyl (C=O) groups is 1. The van der Waals surface area contributed by atoms with Gasteiger partial charge in [0.15, 0.2) is 11.5 Å². The molecule has 11 nitrogen and oxygen atoms in total. The lowest BCUT2D eigenvalue weighted by atomic mass is 10.2. The summed E-state index contributed by atoms with van der Waals surface area (Å²) in [5, 5.41) is 7.52. The van der Waals surface area contributed by atoms with Crippen LogP contribution in [0.5, 0.6) is 11.5 Å². The summed E-state index contributed by atoms with van der Waals surface area (Å²) >= 11 is 0. The second-order valence-corrected chi connectivity index (χ2v) is 7.60. The molecule has 1 saturated heterocycles. The normalized spacial score (nSPS) is 13.5. The highest BCUT2D eigenvalue weighted by molar-refractivity contribution is 5.82. The first-order valence-electron chi connectivity index (χ1n) is 11.1. The minimum atomic E-state index is -0.422. The number of nitrogens with one attached hydrogen (secondary N) is 2. The van der Waals surface area contributed by atoms with Gasteiger partial charge >= 0.3 is 5.97 Å². The zero-order valence-corrected chi connectivity index (χ0v) is 19.6. The maximum Gasteiger partial charge on any atom is 0.308 e. The highest BCUT2D eigenvalue weighted by atomic mass is 16.6. The summed E-state index contributed by atoms with van der Waals surface area (Å²) in [6, 6.07) is 15.1. The molecule has 1 aliphatic heterocycles. The van der Waals surface area contributed by atoms with Gasteiger partial charge in [-0.2, -0.15) is 20.1 Å². The van der Waals surface area contributed by atoms with E-state index < -0.39 is 5.97 Å². The maximum atomic E-state index is 11.2. The molecule has 2 aromatic carbocycles. The molecule has 0 saturated carbocycles. The fourth-order valence-corrected chi connectivity index (χ4v) is 3.34. The van der Waals surface area contributed by atoms with E-state index in [4.69, 9.17) is 14.2 Å². The second-order valence-electron chi connectivity index (χ2n) is 7.60. The molecule has 0 amide bonds. The third-order valence-electron chi connectivity index (χ3n) is 5.03. The second kappa shape index (κ2) is 11.7. The van der Waals surface area contributed by atoms with E-state index in [-0.39, 0.29) is 0 Å². The van der Waals surface area contributed by atoms with Gasteiger partial charge in [0.2, 0.25) is 17.8 Å². The first-order chi connectivity index (χ1) is 17.1. The quantitative estimate of drug-likeness (QED) is 0.206. The Morgan fingerprint density at radius 1 is 1.09 bits per heavy atom. The van der Waals surface area contributed by atoms with Crippen LogP contribution in [0.4, 0.5) is 17.8 Å². The van der Waals surface area contributed by atoms with Gasteiger partial charge in [0.25, 0.3) is 0 Å². The summed E-state index contributed by atoms with van der Waals surface area (Å²) in [7, 11) is 1.50. The van der Waals surface area contributed by atoms with Crippen molar-refractivity contribution in [3.63, 3.8) is 0 Å². The minimum absolute atomic E-state index is 0.303. The van der Waals surface area contributed by atoms with E-state index in [1.165, 1.54) is 14.0 Å². The molecule has 1 fully saturated rings. The first kappa shape index (κ1) is 23.9. The van der Waals surface area contributed by atoms with Crippen LogP contribution in [0.25, 0.3) is 0 Å². The molecule has 0 radical (unpaired) electrons. The van der Waals surface area contributed by atoms with Gasteiger partial charge in [0, 0.05) is 26.6 Å². The van der Waals surface area contributed by atoms with Crippen molar-refractivity contribution < 1.29 is 19.0 Å². The standard InChI is InChI=1S/C24H27N7O4/c1-17(32)35-20-9-8-19(14-21(20)33-2)16-26-30-23-27-22(25-15-18-6-4-3-5-7-18)28-24(29-23)31-10-12-34-13-11-31/h3-9,14,16H,10-13,15H2,1-2H3,(H2,25,27,28,29,30)/b26-16-. The maximum absolute atomic E-state index is 11.2. The van der Waals surface area contributed by atoms with Crippen molar-refractivity contribution in [3.8, 4) is 11.5 Å². The average molecular weight is 478 g/mol. The van der Waals surface area contributed by atoms with E-state index in [1.807, 2.05) is 35.2 Å². The topological polar surface area (TPSA) is 123 Å². The smallest absolute Gasteiger partial charge is 0.308 e. The molecule has 35 heavy (non-hydrogen) atoms. The van der Waals surface area contributed by atoms with Crippen LogP contribution in [-0.4, -0.2) is 60.5 Å². The molecule has 11 heteroatoms. The number of hydrazone groups is 1. The fourth-order valence-electron chi connectivity index (χ4n) is 3.34. The van der Waals surface area contributed by atoms with Crippen LogP contribution in [-0.2, 0) is 16.1 Å². The molecule has 4 rings (SSSR count). The summed E-state index contributed by atoms with van der Waals surface area (Å²) < 4.78 is 15.9. The van der Waals surface area contributed by atoms with Gasteiger partial charge in [-0.1, -0.05) is 30.3 Å². The number of morpholine rings is 1. The molecule has 0 spiro atoms. The SMILES string of the molecule is COc1cc(/C=N\Nc2nc(NCc3ccccc3)nc(N3CCOCC3)n2)ccc1OC(C)=O. The Hall–Kier alpha value is -4.25. The number of ether oxygens (including phenoxy) is 3. The number of esters is 1. The lowest BCUT2D eigenvalue weighted by Gasteiger charge is -2.27. The average Bonchev–Trinajstić information content (AvgIpc) is 2.89. The summed E-state index contributed by atoms with van der Waals surface area (Å²) in [5.74, 6) is 1.63. The molecule has 2 heterocycles. The van der Waals surface area contributed by atoms with Gasteiger partial charge in [-0.3, -0.25) is 4.79 Å². The van der Waals surface area contributed by atoms with Crippen LogP contribution in [0.3, 0.4) is 0 Å². The van der Waals surface area contributed by atoms with Crippen molar-refractivity contribution in [2.45, 2.75) is 13.5 Å². The van der Waals surface area contributed by atoms with Crippen LogP contribution in [0, 0.1) is 0 Å². The summed E-state index contributed by atoms with van der Waals surface area (Å²) in [5.41, 5.74) is 4.72. The molecule has 3 aromatic rings. The lowest BCUT2D eigenvalue weighted by molar-refractivity contribution is -0.132. The Bertz CT molecular complexity index is 1170. The number of nitrogens with zero attached hydrogens (tertiary/aromatic N) is 5. The molecular weight excluding hydrogens is 450 g/mol. The van der Waals surface area contributed by atoms with Crippen molar-refractivity contribution in [2.24, 2.45) is 5.10 Å². The molecule has 1 aliphatic rings. The lowest BCUT2D eigenvalue weighted by Crippen LogP contribution is -2.37. The number of rotatable bonds is 9. The van der Waals surface area contributed by atoms with Gasteiger partial charge in [-0.25, -0.2) is 5.43 Å². The van der Waals surface area contributed by atoms with E-state index in [0.29, 0.717) is 62.2 Å². The van der Waals surface area contributed by atoms with Crippen molar-refractivity contribution in [3.05, 3.63) is 59.7 Å². The fraction of sp³-hybridized carbons (Fsp3) is 0.292. The van der Waals surface area contributed by atoms with Crippen LogP contribution in [0.2, 0.25) is 0 Å². The highest BCUT2D eigenvalue weighted by Crippen LogP contribution is 2.27. The zero-order valence-electron chi connectivity index (χ0n) is 19.6. The van der Waals surface area contributed by atoms with E-state index in [9.17, 15) is 4.79 Å². The third kappa shape index (κ3) is 6.87. The van der Waals surface area contributed by atoms with Crippen LogP contribution in [0.1, 0.15) is 18.1 Å². The first-order valence-corrected chi connectivity index (χ1v) is 11.1. The van der Waals surface area contributed by atoms with Gasteiger partial charge in [-0.15, -0.1) is 0 Å². The third-order valence-corrected chi connectivity index (χ3v) is 5.03. The largest absolute Gasteiger partial charge is 0.493 e. The molecule has 0 unspecified atom stereocenters. The molecule has 2 N–H and O–H groups in total. The van der Waals surface area contributed by atoms with Gasteiger partial charge in [-0.05, 0) is 29.3 Å². The monoisotopic (exact) mass is 477 g/mol. The van der Waals surface area contributed by atoms with E-state index >= 15 is 0 Å². The summed E-state index contributed by atoms with van der Waals surface area (Å²) in [6.07, 6.45) is 1.59. The Kier molecular flexibility index (Phi) is 8.02. The van der Waals surface area contributed by atoms with Crippen molar-refractivity contribution in [1.82, 2.24) is 15.0 Å².